The van der Waals surface area contributed by atoms with Crippen LogP contribution in [0.25, 0.3) is 0 Å². The number of thiophene rings is 1. The Hall–Kier alpha value is -1.60. The molecule has 2 aliphatic heterocycles. The lowest BCUT2D eigenvalue weighted by atomic mass is 9.33. The third kappa shape index (κ3) is 2.81. The summed E-state index contributed by atoms with van der Waals surface area (Å²) in [6.45, 7) is 4.36. The summed E-state index contributed by atoms with van der Waals surface area (Å²) in [4.78, 5) is 4.16. The number of hydrogen-bond acceptors (Lipinski definition) is 6. The monoisotopic (exact) mass is 521 g/mol. The van der Waals surface area contributed by atoms with Gasteiger partial charge in [0.05, 0.1) is 5.60 Å². The lowest BCUT2D eigenvalue weighted by Gasteiger charge is -2.75. The van der Waals surface area contributed by atoms with Crippen LogP contribution in [0.15, 0.2) is 29.6 Å². The van der Waals surface area contributed by atoms with E-state index in [2.05, 4.69) is 35.4 Å². The summed E-state index contributed by atoms with van der Waals surface area (Å²) in [5.74, 6) is 1.82. The molecular weight excluding hydrogens is 482 g/mol. The van der Waals surface area contributed by atoms with Crippen molar-refractivity contribution >= 4 is 11.3 Å². The van der Waals surface area contributed by atoms with Gasteiger partial charge < -0.3 is 19.7 Å². The number of phenolic OH excluding ortho intramolecular Hbond substituents is 1. The standard InChI is InChI=1S/C31H39NO4S/c1-28(34,10-9-21-4-3-15-37-21)23-17-29-11-12-31(23,35-2)27-30(29)13-14-32(18-19-5-6-19)24(29)16-20-7-8-22(33)26(36-27)25(20)30/h3-4,7-8,15,19,23-24,27,33-34H,5-6,9-14,16-18H2,1-2H3/t23-,24-,27-,28-,29+,30-,31-/m1/s1. The third-order valence-corrected chi connectivity index (χ3v) is 12.8. The van der Waals surface area contributed by atoms with Crippen LogP contribution in [0.2, 0.25) is 0 Å². The Morgan fingerprint density at radius 2 is 2.08 bits per heavy atom. The number of nitrogens with zero attached hydrogens (tertiary/aromatic N) is 1. The maximum Gasteiger partial charge on any atom is 0.165 e. The molecule has 2 spiro atoms. The highest BCUT2D eigenvalue weighted by molar-refractivity contribution is 7.09. The van der Waals surface area contributed by atoms with Crippen molar-refractivity contribution in [1.29, 1.82) is 0 Å². The van der Waals surface area contributed by atoms with Crippen molar-refractivity contribution in [3.8, 4) is 11.5 Å². The van der Waals surface area contributed by atoms with E-state index in [1.807, 2.05) is 13.2 Å². The average Bonchev–Trinajstić information content (AvgIpc) is 3.40. The molecule has 4 bridgehead atoms. The van der Waals surface area contributed by atoms with Gasteiger partial charge in [0, 0.05) is 46.9 Å². The molecule has 5 aliphatic carbocycles. The van der Waals surface area contributed by atoms with Crippen molar-refractivity contribution in [2.45, 2.75) is 93.5 Å². The van der Waals surface area contributed by atoms with Gasteiger partial charge in [0.15, 0.2) is 11.5 Å². The second-order valence-corrected chi connectivity index (χ2v) is 14.4. The van der Waals surface area contributed by atoms with Gasteiger partial charge in [-0.25, -0.2) is 0 Å². The molecule has 3 heterocycles. The van der Waals surface area contributed by atoms with Gasteiger partial charge in [-0.15, -0.1) is 11.3 Å². The average molecular weight is 522 g/mol. The predicted molar refractivity (Wildman–Crippen MR) is 143 cm³/mol. The summed E-state index contributed by atoms with van der Waals surface area (Å²) in [6.07, 6.45) is 9.25. The molecule has 1 saturated heterocycles. The number of fused-ring (bicyclic) bond motifs is 2. The quantitative estimate of drug-likeness (QED) is 0.533. The number of hydrogen-bond donors (Lipinski definition) is 2. The number of ether oxygens (including phenoxy) is 2. The highest BCUT2D eigenvalue weighted by Gasteiger charge is 2.81. The Balaban J connectivity index is 1.28. The highest BCUT2D eigenvalue weighted by Crippen LogP contribution is 2.77. The van der Waals surface area contributed by atoms with Crippen LogP contribution < -0.4 is 4.74 Å². The van der Waals surface area contributed by atoms with E-state index in [1.165, 1.54) is 35.4 Å². The van der Waals surface area contributed by atoms with Crippen molar-refractivity contribution in [2.75, 3.05) is 20.2 Å². The van der Waals surface area contributed by atoms with Crippen molar-refractivity contribution in [3.05, 3.63) is 45.6 Å². The molecule has 2 aromatic rings. The molecule has 7 atom stereocenters. The Morgan fingerprint density at radius 3 is 2.84 bits per heavy atom. The molecular formula is C31H39NO4S. The van der Waals surface area contributed by atoms with E-state index in [4.69, 9.17) is 9.47 Å². The second kappa shape index (κ2) is 7.53. The number of piperidine rings is 1. The molecule has 9 rings (SSSR count). The van der Waals surface area contributed by atoms with Crippen molar-refractivity contribution < 1.29 is 19.7 Å². The SMILES string of the molecule is CO[C@]12CC[C@]3(C[C@@H]1[C@](C)(O)CCc1cccs1)[C@H]1Cc4ccc(O)c5c4[C@]3(CCN1CC1CC1)[C@H]2O5. The van der Waals surface area contributed by atoms with Crippen LogP contribution in [-0.4, -0.2) is 58.7 Å². The molecule has 4 saturated carbocycles. The Morgan fingerprint density at radius 1 is 1.22 bits per heavy atom. The first-order valence-electron chi connectivity index (χ1n) is 14.4. The van der Waals surface area contributed by atoms with E-state index in [9.17, 15) is 10.2 Å². The summed E-state index contributed by atoms with van der Waals surface area (Å²) in [6, 6.07) is 8.75. The van der Waals surface area contributed by atoms with Crippen molar-refractivity contribution in [1.82, 2.24) is 4.90 Å². The first kappa shape index (κ1) is 23.3. The Labute approximate surface area is 223 Å². The van der Waals surface area contributed by atoms with Crippen LogP contribution in [0.3, 0.4) is 0 Å². The molecule has 6 heteroatoms. The van der Waals surface area contributed by atoms with E-state index in [0.29, 0.717) is 11.8 Å². The molecule has 2 N–H and O–H groups in total. The summed E-state index contributed by atoms with van der Waals surface area (Å²) in [5.41, 5.74) is 1.11. The lowest BCUT2D eigenvalue weighted by molar-refractivity contribution is -0.302. The maximum atomic E-state index is 12.3. The molecule has 1 aromatic heterocycles. The largest absolute Gasteiger partial charge is 0.504 e. The minimum absolute atomic E-state index is 0.0155. The zero-order valence-corrected chi connectivity index (χ0v) is 22.9. The lowest BCUT2D eigenvalue weighted by Crippen LogP contribution is -2.82. The smallest absolute Gasteiger partial charge is 0.165 e. The molecule has 0 unspecified atom stereocenters. The van der Waals surface area contributed by atoms with Gasteiger partial charge in [-0.2, -0.15) is 0 Å². The van der Waals surface area contributed by atoms with Crippen LogP contribution in [0, 0.1) is 17.3 Å². The van der Waals surface area contributed by atoms with Crippen LogP contribution in [0.5, 0.6) is 11.5 Å². The molecule has 0 amide bonds. The van der Waals surface area contributed by atoms with Gasteiger partial charge in [0.25, 0.3) is 0 Å². The van der Waals surface area contributed by atoms with Crippen LogP contribution in [0.4, 0.5) is 0 Å². The van der Waals surface area contributed by atoms with Gasteiger partial charge in [0.2, 0.25) is 0 Å². The maximum absolute atomic E-state index is 12.3. The number of phenols is 1. The Bertz CT molecular complexity index is 1240. The number of rotatable bonds is 7. The van der Waals surface area contributed by atoms with Gasteiger partial charge in [0.1, 0.15) is 11.7 Å². The van der Waals surface area contributed by atoms with E-state index < -0.39 is 11.2 Å². The summed E-state index contributed by atoms with van der Waals surface area (Å²) < 4.78 is 13.5. The number of aryl methyl sites for hydroxylation is 1. The molecule has 7 aliphatic rings. The highest BCUT2D eigenvalue weighted by atomic mass is 32.1. The molecule has 0 radical (unpaired) electrons. The molecule has 198 valence electrons. The van der Waals surface area contributed by atoms with Gasteiger partial charge in [-0.1, -0.05) is 12.1 Å². The molecule has 37 heavy (non-hydrogen) atoms. The van der Waals surface area contributed by atoms with Crippen molar-refractivity contribution in [3.63, 3.8) is 0 Å². The predicted octanol–water partition coefficient (Wildman–Crippen LogP) is 5.06. The first-order valence-corrected chi connectivity index (χ1v) is 15.3. The normalized spacial score (nSPS) is 40.8. The second-order valence-electron chi connectivity index (χ2n) is 13.3. The van der Waals surface area contributed by atoms with Gasteiger partial charge in [-0.05, 0) is 100 Å². The van der Waals surface area contributed by atoms with Crippen molar-refractivity contribution in [2.24, 2.45) is 17.3 Å². The van der Waals surface area contributed by atoms with Crippen LogP contribution in [-0.2, 0) is 23.0 Å². The first-order chi connectivity index (χ1) is 17.8. The number of benzene rings is 1. The fourth-order valence-corrected chi connectivity index (χ4v) is 10.8. The van der Waals surface area contributed by atoms with Crippen LogP contribution in [0.1, 0.15) is 67.9 Å². The summed E-state index contributed by atoms with van der Waals surface area (Å²) >= 11 is 1.77. The minimum Gasteiger partial charge on any atom is -0.504 e. The third-order valence-electron chi connectivity index (χ3n) is 11.9. The zero-order valence-electron chi connectivity index (χ0n) is 22.0. The van der Waals surface area contributed by atoms with E-state index in [1.54, 1.807) is 11.3 Å². The van der Waals surface area contributed by atoms with E-state index in [-0.39, 0.29) is 28.6 Å². The number of likely N-dealkylation sites (tertiary alicyclic amines) is 1. The molecule has 5 nitrogen and oxygen atoms in total. The fraction of sp³-hybridized carbons (Fsp3) is 0.677. The van der Waals surface area contributed by atoms with Crippen LogP contribution >= 0.6 is 11.3 Å². The molecule has 1 aromatic carbocycles. The summed E-state index contributed by atoms with van der Waals surface area (Å²) in [7, 11) is 1.84. The molecule has 5 fully saturated rings. The van der Waals surface area contributed by atoms with E-state index >= 15 is 0 Å². The fourth-order valence-electron chi connectivity index (χ4n) is 10.1. The van der Waals surface area contributed by atoms with Gasteiger partial charge >= 0.3 is 0 Å². The summed E-state index contributed by atoms with van der Waals surface area (Å²) in [5, 5.41) is 25.4. The zero-order chi connectivity index (χ0) is 25.2. The minimum atomic E-state index is -0.870. The van der Waals surface area contributed by atoms with E-state index in [0.717, 1.165) is 57.4 Å². The van der Waals surface area contributed by atoms with Gasteiger partial charge in [-0.3, -0.25) is 4.90 Å². The number of aliphatic hydroxyl groups is 1. The topological polar surface area (TPSA) is 62.2 Å². The Kier molecular flexibility index (Phi) is 4.74. The number of aromatic hydroxyl groups is 1. The number of methoxy groups -OCH3 is 1.